The van der Waals surface area contributed by atoms with Gasteiger partial charge in [0.05, 0.1) is 6.61 Å². The largest absolute Gasteiger partial charge is 0.465 e. The molecule has 0 aliphatic carbocycles. The number of carbonyl (C=O) groups is 1. The molecule has 1 atom stereocenters. The van der Waals surface area contributed by atoms with Gasteiger partial charge in [-0.2, -0.15) is 0 Å². The molecule has 90 valence electrons. The summed E-state index contributed by atoms with van der Waals surface area (Å²) in [7, 11) is 0. The Morgan fingerprint density at radius 3 is 2.44 bits per heavy atom. The highest BCUT2D eigenvalue weighted by molar-refractivity contribution is 7.12. The summed E-state index contributed by atoms with van der Waals surface area (Å²) in [5, 5.41) is 0. The molecule has 0 spiro atoms. The highest BCUT2D eigenvalue weighted by Gasteiger charge is 2.19. The van der Waals surface area contributed by atoms with Gasteiger partial charge in [0.1, 0.15) is 6.04 Å². The van der Waals surface area contributed by atoms with Gasteiger partial charge in [-0.05, 0) is 45.2 Å². The molecule has 0 aromatic carbocycles. The minimum Gasteiger partial charge on any atom is -0.465 e. The zero-order valence-corrected chi connectivity index (χ0v) is 11.1. The van der Waals surface area contributed by atoms with Gasteiger partial charge in [0, 0.05) is 9.75 Å². The zero-order valence-electron chi connectivity index (χ0n) is 10.3. The lowest BCUT2D eigenvalue weighted by molar-refractivity contribution is -0.144. The summed E-state index contributed by atoms with van der Waals surface area (Å²) in [5.41, 5.74) is 8.26. The molecular weight excluding hydrogens is 222 g/mol. The smallest absolute Gasteiger partial charge is 0.323 e. The number of hydrogen-bond acceptors (Lipinski definition) is 4. The molecule has 4 heteroatoms. The normalized spacial score (nSPS) is 12.6. The first kappa shape index (κ1) is 13.2. The minimum atomic E-state index is -0.550. The van der Waals surface area contributed by atoms with Crippen LogP contribution in [-0.4, -0.2) is 18.6 Å². The van der Waals surface area contributed by atoms with Crippen molar-refractivity contribution in [2.45, 2.75) is 40.2 Å². The second-order valence-corrected chi connectivity index (χ2v) is 5.31. The number of rotatable bonds is 4. The highest BCUT2D eigenvalue weighted by Crippen LogP contribution is 2.27. The third-order valence-electron chi connectivity index (χ3n) is 2.73. The second-order valence-electron chi connectivity index (χ2n) is 3.88. The van der Waals surface area contributed by atoms with Crippen LogP contribution in [0.2, 0.25) is 0 Å². The van der Waals surface area contributed by atoms with Gasteiger partial charge in [-0.1, -0.05) is 0 Å². The van der Waals surface area contributed by atoms with Gasteiger partial charge in [0.15, 0.2) is 0 Å². The van der Waals surface area contributed by atoms with Crippen molar-refractivity contribution in [1.82, 2.24) is 0 Å². The number of nitrogens with two attached hydrogens (primary N) is 1. The van der Waals surface area contributed by atoms with Crippen molar-refractivity contribution < 1.29 is 9.53 Å². The fourth-order valence-electron chi connectivity index (χ4n) is 1.69. The van der Waals surface area contributed by atoms with Crippen LogP contribution in [0.3, 0.4) is 0 Å². The van der Waals surface area contributed by atoms with Gasteiger partial charge >= 0.3 is 5.97 Å². The Kier molecular flexibility index (Phi) is 4.50. The molecule has 0 bridgehead atoms. The minimum absolute atomic E-state index is 0.315. The quantitative estimate of drug-likeness (QED) is 0.821. The molecule has 16 heavy (non-hydrogen) atoms. The molecule has 0 saturated heterocycles. The Balaban J connectivity index is 2.76. The number of carbonyl (C=O) groups excluding carboxylic acids is 1. The summed E-state index contributed by atoms with van der Waals surface area (Å²) in [6.07, 6.45) is 0.570. The monoisotopic (exact) mass is 241 g/mol. The molecule has 0 aliphatic rings. The van der Waals surface area contributed by atoms with E-state index in [9.17, 15) is 4.79 Å². The van der Waals surface area contributed by atoms with Crippen molar-refractivity contribution in [3.05, 3.63) is 20.9 Å². The summed E-state index contributed by atoms with van der Waals surface area (Å²) in [4.78, 5) is 14.0. The summed E-state index contributed by atoms with van der Waals surface area (Å²) >= 11 is 1.76. The number of ether oxygens (including phenoxy) is 1. The van der Waals surface area contributed by atoms with Crippen molar-refractivity contribution in [2.75, 3.05) is 6.61 Å². The summed E-state index contributed by atoms with van der Waals surface area (Å²) in [5.74, 6) is -0.315. The van der Waals surface area contributed by atoms with Crippen LogP contribution in [0.15, 0.2) is 0 Å². The van der Waals surface area contributed by atoms with Gasteiger partial charge in [0.2, 0.25) is 0 Å². The first-order valence-electron chi connectivity index (χ1n) is 5.45. The third kappa shape index (κ3) is 2.83. The standard InChI is InChI=1S/C12H19NO2S/c1-5-15-12(14)11(13)6-10-7(2)8(3)16-9(10)4/h11H,5-6,13H2,1-4H3. The highest BCUT2D eigenvalue weighted by atomic mass is 32.1. The maximum absolute atomic E-state index is 11.4. The Bertz CT molecular complexity index is 385. The number of esters is 1. The number of hydrogen-bond donors (Lipinski definition) is 1. The van der Waals surface area contributed by atoms with E-state index < -0.39 is 6.04 Å². The maximum atomic E-state index is 11.4. The first-order chi connectivity index (χ1) is 7.47. The van der Waals surface area contributed by atoms with Crippen LogP contribution in [0.4, 0.5) is 0 Å². The van der Waals surface area contributed by atoms with E-state index >= 15 is 0 Å². The van der Waals surface area contributed by atoms with Gasteiger partial charge in [-0.25, -0.2) is 0 Å². The Hall–Kier alpha value is -0.870. The van der Waals surface area contributed by atoms with Crippen LogP contribution >= 0.6 is 11.3 Å². The molecular formula is C12H19NO2S. The molecule has 0 aliphatic heterocycles. The number of thiophene rings is 1. The van der Waals surface area contributed by atoms with Crippen LogP contribution in [0.25, 0.3) is 0 Å². The summed E-state index contributed by atoms with van der Waals surface area (Å²) in [6.45, 7) is 8.40. The van der Waals surface area contributed by atoms with Gasteiger partial charge in [-0.15, -0.1) is 11.3 Å². The number of aryl methyl sites for hydroxylation is 2. The first-order valence-corrected chi connectivity index (χ1v) is 6.26. The van der Waals surface area contributed by atoms with Gasteiger partial charge in [0.25, 0.3) is 0 Å². The molecule has 0 amide bonds. The van der Waals surface area contributed by atoms with E-state index in [1.165, 1.54) is 20.9 Å². The molecule has 3 nitrogen and oxygen atoms in total. The van der Waals surface area contributed by atoms with E-state index in [4.69, 9.17) is 10.5 Å². The van der Waals surface area contributed by atoms with Crippen molar-refractivity contribution in [3.8, 4) is 0 Å². The van der Waals surface area contributed by atoms with Crippen molar-refractivity contribution >= 4 is 17.3 Å². The molecule has 0 radical (unpaired) electrons. The maximum Gasteiger partial charge on any atom is 0.323 e. The zero-order chi connectivity index (χ0) is 12.3. The lowest BCUT2D eigenvalue weighted by atomic mass is 10.0. The van der Waals surface area contributed by atoms with E-state index in [-0.39, 0.29) is 5.97 Å². The summed E-state index contributed by atoms with van der Waals surface area (Å²) < 4.78 is 4.90. The van der Waals surface area contributed by atoms with E-state index in [1.54, 1.807) is 18.3 Å². The van der Waals surface area contributed by atoms with E-state index in [2.05, 4.69) is 20.8 Å². The van der Waals surface area contributed by atoms with Crippen LogP contribution in [0.5, 0.6) is 0 Å². The van der Waals surface area contributed by atoms with Crippen LogP contribution in [-0.2, 0) is 16.0 Å². The fraction of sp³-hybridized carbons (Fsp3) is 0.583. The lowest BCUT2D eigenvalue weighted by Gasteiger charge is -2.11. The predicted molar refractivity (Wildman–Crippen MR) is 66.8 cm³/mol. The Morgan fingerprint density at radius 2 is 2.00 bits per heavy atom. The summed E-state index contributed by atoms with van der Waals surface area (Å²) in [6, 6.07) is -0.550. The van der Waals surface area contributed by atoms with E-state index in [0.29, 0.717) is 13.0 Å². The molecule has 0 saturated carbocycles. The SMILES string of the molecule is CCOC(=O)C(N)Cc1c(C)sc(C)c1C. The molecule has 1 aromatic rings. The van der Waals surface area contributed by atoms with Gasteiger partial charge in [-0.3, -0.25) is 4.79 Å². The molecule has 1 rings (SSSR count). The van der Waals surface area contributed by atoms with E-state index in [0.717, 1.165) is 0 Å². The molecule has 1 heterocycles. The molecule has 1 unspecified atom stereocenters. The van der Waals surface area contributed by atoms with Crippen LogP contribution in [0.1, 0.15) is 27.8 Å². The van der Waals surface area contributed by atoms with Crippen LogP contribution < -0.4 is 5.73 Å². The molecule has 0 fully saturated rings. The van der Waals surface area contributed by atoms with Crippen molar-refractivity contribution in [2.24, 2.45) is 5.73 Å². The topological polar surface area (TPSA) is 52.3 Å². The average Bonchev–Trinajstić information content (AvgIpc) is 2.45. The predicted octanol–water partition coefficient (Wildman–Crippen LogP) is 2.11. The Labute approximate surface area is 101 Å². The fourth-order valence-corrected chi connectivity index (χ4v) is 2.79. The van der Waals surface area contributed by atoms with Crippen LogP contribution in [0, 0.1) is 20.8 Å². The average molecular weight is 241 g/mol. The Morgan fingerprint density at radius 1 is 1.38 bits per heavy atom. The van der Waals surface area contributed by atoms with E-state index in [1.807, 2.05) is 0 Å². The second kappa shape index (κ2) is 5.46. The van der Waals surface area contributed by atoms with Gasteiger partial charge < -0.3 is 10.5 Å². The molecule has 2 N–H and O–H groups in total. The van der Waals surface area contributed by atoms with Crippen molar-refractivity contribution in [1.29, 1.82) is 0 Å². The van der Waals surface area contributed by atoms with Crippen molar-refractivity contribution in [3.63, 3.8) is 0 Å². The third-order valence-corrected chi connectivity index (χ3v) is 3.89. The molecule has 1 aromatic heterocycles. The lowest BCUT2D eigenvalue weighted by Crippen LogP contribution is -2.34.